The van der Waals surface area contributed by atoms with Crippen molar-refractivity contribution in [1.82, 2.24) is 4.90 Å². The summed E-state index contributed by atoms with van der Waals surface area (Å²) in [5.41, 5.74) is -4.43. The van der Waals surface area contributed by atoms with E-state index in [2.05, 4.69) is 5.92 Å². The highest BCUT2D eigenvalue weighted by molar-refractivity contribution is 5.83. The third-order valence-electron chi connectivity index (χ3n) is 13.3. The lowest BCUT2D eigenvalue weighted by Crippen LogP contribution is -2.62. The van der Waals surface area contributed by atoms with Crippen LogP contribution in [0.1, 0.15) is 115 Å². The summed E-state index contributed by atoms with van der Waals surface area (Å²) < 4.78 is 56.8. The number of esters is 3. The van der Waals surface area contributed by atoms with E-state index in [0.717, 1.165) is 0 Å². The summed E-state index contributed by atoms with van der Waals surface area (Å²) in [6.45, 7) is 20.1. The van der Waals surface area contributed by atoms with Crippen LogP contribution in [0.2, 0.25) is 0 Å². The highest BCUT2D eigenvalue weighted by atomic mass is 16.7. The van der Waals surface area contributed by atoms with E-state index in [1.165, 1.54) is 41.9 Å². The molecule has 16 nitrogen and oxygen atoms in total. The molecule has 0 bridgehead atoms. The van der Waals surface area contributed by atoms with Crippen LogP contribution in [-0.4, -0.2) is 151 Å². The number of aliphatic hydroxyl groups is 2. The lowest BCUT2D eigenvalue weighted by atomic mass is 9.74. The van der Waals surface area contributed by atoms with Gasteiger partial charge in [0, 0.05) is 65.2 Å². The molecule has 3 heterocycles. The SMILES string of the molecule is C#CCCN(C)[C@H]1C[C@@H](C)O[C@@H](O[C@@H]2[C@@H](C)[C@H](O[C@@H]3C[C@@](C)(OC)[C@@H](OC(C)=O)[C@H](C)O3)[C@@H](C)C(=O)O[C@H](CC)[C@@](C)(O)[C@H](O)[C@@H](C)C(=O)[C@H](C)C[C@@]2(C)OC)[C@@H]1OC(C)=O. The predicted molar refractivity (Wildman–Crippen MR) is 223 cm³/mol. The Balaban J connectivity index is 2.29. The van der Waals surface area contributed by atoms with Crippen molar-refractivity contribution in [3.8, 4) is 12.3 Å². The number of carbonyl (C=O) groups is 4. The molecule has 0 amide bonds. The van der Waals surface area contributed by atoms with Crippen LogP contribution >= 0.6 is 0 Å². The smallest absolute Gasteiger partial charge is 0.311 e. The molecule has 0 aromatic heterocycles. The fourth-order valence-electron chi connectivity index (χ4n) is 9.61. The Kier molecular flexibility index (Phi) is 18.8. The Bertz CT molecular complexity index is 1530. The fourth-order valence-corrected chi connectivity index (χ4v) is 9.61. The van der Waals surface area contributed by atoms with Crippen molar-refractivity contribution in [2.45, 2.75) is 199 Å². The van der Waals surface area contributed by atoms with Crippen molar-refractivity contribution in [3.63, 3.8) is 0 Å². The molecular weight excluding hydrogens is 794 g/mol. The number of cyclic esters (lactones) is 1. The van der Waals surface area contributed by atoms with Gasteiger partial charge in [-0.25, -0.2) is 0 Å². The number of carbonyl (C=O) groups excluding carboxylic acids is 4. The first kappa shape index (κ1) is 52.6. The van der Waals surface area contributed by atoms with Crippen molar-refractivity contribution in [2.75, 3.05) is 27.8 Å². The highest BCUT2D eigenvalue weighted by Gasteiger charge is 2.55. The third-order valence-corrected chi connectivity index (χ3v) is 13.3. The predicted octanol–water partition coefficient (Wildman–Crippen LogP) is 3.97. The molecule has 3 saturated heterocycles. The summed E-state index contributed by atoms with van der Waals surface area (Å²) >= 11 is 0. The van der Waals surface area contributed by atoms with Crippen molar-refractivity contribution in [2.24, 2.45) is 23.7 Å². The van der Waals surface area contributed by atoms with Crippen LogP contribution in [-0.2, 0) is 61.8 Å². The third kappa shape index (κ3) is 12.3. The van der Waals surface area contributed by atoms with Crippen molar-refractivity contribution in [3.05, 3.63) is 0 Å². The number of terminal acetylenes is 1. The molecule has 3 fully saturated rings. The number of hydrogen-bond donors (Lipinski definition) is 2. The zero-order valence-electron chi connectivity index (χ0n) is 39.1. The minimum Gasteiger partial charge on any atom is -0.459 e. The van der Waals surface area contributed by atoms with Gasteiger partial charge in [-0.05, 0) is 67.9 Å². The van der Waals surface area contributed by atoms with Crippen LogP contribution in [0.25, 0.3) is 0 Å². The summed E-state index contributed by atoms with van der Waals surface area (Å²) in [4.78, 5) is 55.6. The average Bonchev–Trinajstić information content (AvgIpc) is 3.19. The van der Waals surface area contributed by atoms with Crippen LogP contribution in [0.5, 0.6) is 0 Å². The highest BCUT2D eigenvalue weighted by Crippen LogP contribution is 2.42. The van der Waals surface area contributed by atoms with Crippen molar-refractivity contribution >= 4 is 23.7 Å². The van der Waals surface area contributed by atoms with E-state index in [1.807, 2.05) is 25.8 Å². The van der Waals surface area contributed by atoms with E-state index < -0.39 is 114 Å². The molecule has 2 N–H and O–H groups in total. The number of methoxy groups -OCH3 is 2. The number of likely N-dealkylation sites (N-methyl/N-ethyl adjacent to an activating group) is 1. The summed E-state index contributed by atoms with van der Waals surface area (Å²) in [6.07, 6.45) is -3.17. The zero-order chi connectivity index (χ0) is 46.4. The standard InChI is InChI=1S/C45H75NO15/c1-17-19-20-46(14)32-21-25(4)55-42(37(32)57-30(9)47)61-39-27(6)36(60-34-23-44(12,54-16)40(29(8)56-34)58-31(10)48)28(7)41(51)59-33(18-2)45(13,52)38(50)26(5)35(49)24(3)22-43(39,11)53-15/h1,24-29,32-34,36-40,42,50,52H,18-23H2,2-16H3/t24-,25-,26+,27+,28-,29+,32+,33-,34-,36+,37-,38-,39-,40+,42+,43-,44-,45-/m1/s1. The molecule has 16 heteroatoms. The minimum atomic E-state index is -2.01. The maximum Gasteiger partial charge on any atom is 0.311 e. The van der Waals surface area contributed by atoms with E-state index in [4.69, 9.17) is 49.1 Å². The molecule has 0 saturated carbocycles. The number of aliphatic hydroxyl groups excluding tert-OH is 1. The van der Waals surface area contributed by atoms with Crippen LogP contribution in [0, 0.1) is 36.0 Å². The average molecular weight is 870 g/mol. The number of Topliss-reactive ketones (excluding diaryl/α,β-unsaturated/α-hetero) is 1. The molecule has 0 aromatic carbocycles. The molecular formula is C45H75NO15. The molecule has 3 aliphatic rings. The van der Waals surface area contributed by atoms with Crippen LogP contribution in [0.4, 0.5) is 0 Å². The number of nitrogens with zero attached hydrogens (tertiary/aromatic N) is 1. The van der Waals surface area contributed by atoms with Crippen LogP contribution in [0.3, 0.4) is 0 Å². The summed E-state index contributed by atoms with van der Waals surface area (Å²) in [6, 6.07) is -0.370. The van der Waals surface area contributed by atoms with Gasteiger partial charge >= 0.3 is 17.9 Å². The van der Waals surface area contributed by atoms with E-state index in [-0.39, 0.29) is 37.2 Å². The van der Waals surface area contributed by atoms with E-state index in [1.54, 1.807) is 41.5 Å². The normalized spacial score (nSPS) is 43.1. The lowest BCUT2D eigenvalue weighted by Gasteiger charge is -2.50. The molecule has 61 heavy (non-hydrogen) atoms. The van der Waals surface area contributed by atoms with Gasteiger partial charge in [-0.1, -0.05) is 27.7 Å². The Hall–Kier alpha value is -2.72. The molecule has 0 unspecified atom stereocenters. The topological polar surface area (TPSA) is 195 Å². The van der Waals surface area contributed by atoms with Crippen molar-refractivity contribution < 1.29 is 72.0 Å². The first-order valence-corrected chi connectivity index (χ1v) is 21.7. The van der Waals surface area contributed by atoms with Crippen LogP contribution in [0.15, 0.2) is 0 Å². The number of rotatable bonds is 12. The van der Waals surface area contributed by atoms with Gasteiger partial charge in [-0.2, -0.15) is 0 Å². The molecule has 0 aliphatic carbocycles. The molecule has 0 aromatic rings. The van der Waals surface area contributed by atoms with Gasteiger partial charge in [0.1, 0.15) is 23.1 Å². The van der Waals surface area contributed by atoms with E-state index in [9.17, 15) is 29.4 Å². The molecule has 18 atom stereocenters. The molecule has 0 spiro atoms. The Morgan fingerprint density at radius 1 is 0.885 bits per heavy atom. The summed E-state index contributed by atoms with van der Waals surface area (Å²) in [5, 5.41) is 23.3. The fraction of sp³-hybridized carbons (Fsp3) is 0.867. The van der Waals surface area contributed by atoms with Gasteiger partial charge in [0.15, 0.2) is 24.8 Å². The maximum atomic E-state index is 14.5. The Labute approximate surface area is 363 Å². The van der Waals surface area contributed by atoms with Gasteiger partial charge in [0.05, 0.1) is 48.1 Å². The van der Waals surface area contributed by atoms with Gasteiger partial charge in [0.25, 0.3) is 0 Å². The summed E-state index contributed by atoms with van der Waals surface area (Å²) in [5.74, 6) is -3.24. The lowest BCUT2D eigenvalue weighted by molar-refractivity contribution is -0.321. The molecule has 0 radical (unpaired) electrons. The van der Waals surface area contributed by atoms with Gasteiger partial charge in [0.2, 0.25) is 0 Å². The second-order valence-electron chi connectivity index (χ2n) is 18.3. The quantitative estimate of drug-likeness (QED) is 0.162. The number of ether oxygens (including phenoxy) is 9. The minimum absolute atomic E-state index is 0.0497. The maximum absolute atomic E-state index is 14.5. The second-order valence-corrected chi connectivity index (χ2v) is 18.3. The van der Waals surface area contributed by atoms with E-state index >= 15 is 0 Å². The molecule has 350 valence electrons. The Morgan fingerprint density at radius 3 is 2.02 bits per heavy atom. The van der Waals surface area contributed by atoms with Crippen molar-refractivity contribution in [1.29, 1.82) is 0 Å². The zero-order valence-corrected chi connectivity index (χ0v) is 39.1. The first-order valence-electron chi connectivity index (χ1n) is 21.7. The van der Waals surface area contributed by atoms with E-state index in [0.29, 0.717) is 19.4 Å². The van der Waals surface area contributed by atoms with Gasteiger partial charge < -0.3 is 52.8 Å². The van der Waals surface area contributed by atoms with Crippen LogP contribution < -0.4 is 0 Å². The molecule has 3 rings (SSSR count). The van der Waals surface area contributed by atoms with Gasteiger partial charge in [-0.15, -0.1) is 12.3 Å². The van der Waals surface area contributed by atoms with Gasteiger partial charge in [-0.3, -0.25) is 24.1 Å². The summed E-state index contributed by atoms with van der Waals surface area (Å²) in [7, 11) is 4.88. The Morgan fingerprint density at radius 2 is 1.48 bits per heavy atom. The number of hydrogen-bond acceptors (Lipinski definition) is 16. The monoisotopic (exact) mass is 870 g/mol. The number of ketones is 1. The largest absolute Gasteiger partial charge is 0.459 e. The molecule has 3 aliphatic heterocycles. The second kappa shape index (κ2) is 21.8. The first-order chi connectivity index (χ1) is 28.3.